The summed E-state index contributed by atoms with van der Waals surface area (Å²) >= 11 is 0. The van der Waals surface area contributed by atoms with Crippen molar-refractivity contribution in [3.05, 3.63) is 12.2 Å². The van der Waals surface area contributed by atoms with Crippen LogP contribution in [0.1, 0.15) is 6.42 Å². The lowest BCUT2D eigenvalue weighted by molar-refractivity contribution is -0.142. The van der Waals surface area contributed by atoms with Gasteiger partial charge in [-0.2, -0.15) is 0 Å². The first kappa shape index (κ1) is 6.29. The number of aliphatic carboxylic acids is 1. The molecule has 3 nitrogen and oxygen atoms in total. The number of rotatable bonds is 1. The van der Waals surface area contributed by atoms with E-state index in [1.54, 1.807) is 0 Å². The number of carboxylic acids is 1. The second kappa shape index (κ2) is 1.84. The molecule has 2 atom stereocenters. The number of nitrogens with two attached hydrogens (primary N) is 1. The first-order valence-electron chi connectivity index (χ1n) is 2.79. The minimum atomic E-state index is -0.848. The number of hydrogen-bond donors (Lipinski definition) is 2. The van der Waals surface area contributed by atoms with Gasteiger partial charge in [-0.1, -0.05) is 12.2 Å². The summed E-state index contributed by atoms with van der Waals surface area (Å²) in [6.07, 6.45) is 0.664. The first-order valence-corrected chi connectivity index (χ1v) is 2.79. The van der Waals surface area contributed by atoms with Crippen molar-refractivity contribution in [1.29, 1.82) is 0 Å². The Balaban J connectivity index is 2.59. The highest BCUT2D eigenvalue weighted by Gasteiger charge is 2.37. The molecule has 0 aromatic heterocycles. The predicted octanol–water partition coefficient (Wildman–Crippen LogP) is -0.0256. The maximum atomic E-state index is 10.3. The molecule has 1 fully saturated rings. The van der Waals surface area contributed by atoms with Gasteiger partial charge in [-0.15, -0.1) is 0 Å². The molecular formula is C6H9NO2. The second-order valence-electron chi connectivity index (χ2n) is 2.34. The molecule has 0 saturated heterocycles. The van der Waals surface area contributed by atoms with E-state index in [0.29, 0.717) is 6.42 Å². The number of carbonyl (C=O) groups is 1. The second-order valence-corrected chi connectivity index (χ2v) is 2.34. The van der Waals surface area contributed by atoms with Crippen molar-refractivity contribution >= 4 is 5.97 Å². The van der Waals surface area contributed by atoms with Crippen molar-refractivity contribution in [3.8, 4) is 0 Å². The summed E-state index contributed by atoms with van der Waals surface area (Å²) in [5, 5.41) is 8.43. The van der Waals surface area contributed by atoms with E-state index in [4.69, 9.17) is 10.8 Å². The van der Waals surface area contributed by atoms with Crippen molar-refractivity contribution in [3.63, 3.8) is 0 Å². The lowest BCUT2D eigenvalue weighted by atomic mass is 9.76. The molecule has 0 radical (unpaired) electrons. The van der Waals surface area contributed by atoms with E-state index in [1.165, 1.54) is 0 Å². The van der Waals surface area contributed by atoms with Crippen LogP contribution < -0.4 is 5.73 Å². The van der Waals surface area contributed by atoms with E-state index >= 15 is 0 Å². The van der Waals surface area contributed by atoms with Gasteiger partial charge in [0.25, 0.3) is 0 Å². The van der Waals surface area contributed by atoms with Crippen molar-refractivity contribution < 1.29 is 9.90 Å². The average Bonchev–Trinajstić information content (AvgIpc) is 1.62. The minimum Gasteiger partial charge on any atom is -0.481 e. The zero-order chi connectivity index (χ0) is 7.02. The molecule has 0 aromatic rings. The van der Waals surface area contributed by atoms with Gasteiger partial charge < -0.3 is 10.8 Å². The summed E-state index contributed by atoms with van der Waals surface area (Å²) < 4.78 is 0. The Hall–Kier alpha value is -0.830. The van der Waals surface area contributed by atoms with Gasteiger partial charge in [0.05, 0.1) is 5.92 Å². The van der Waals surface area contributed by atoms with Crippen LogP contribution in [0.3, 0.4) is 0 Å². The van der Waals surface area contributed by atoms with E-state index in [1.807, 2.05) is 0 Å². The molecule has 0 aliphatic heterocycles. The van der Waals surface area contributed by atoms with Gasteiger partial charge in [0.2, 0.25) is 0 Å². The topological polar surface area (TPSA) is 63.3 Å². The maximum absolute atomic E-state index is 10.3. The van der Waals surface area contributed by atoms with E-state index in [0.717, 1.165) is 5.57 Å². The van der Waals surface area contributed by atoms with E-state index in [-0.39, 0.29) is 6.04 Å². The van der Waals surface area contributed by atoms with Crippen LogP contribution in [0.15, 0.2) is 12.2 Å². The molecule has 0 unspecified atom stereocenters. The Kier molecular flexibility index (Phi) is 1.29. The highest BCUT2D eigenvalue weighted by Crippen LogP contribution is 2.30. The van der Waals surface area contributed by atoms with Gasteiger partial charge in [-0.25, -0.2) is 0 Å². The van der Waals surface area contributed by atoms with E-state index < -0.39 is 11.9 Å². The SMILES string of the molecule is C=C1C[C@H](N)[C@@H]1C(=O)O. The molecule has 1 aliphatic rings. The van der Waals surface area contributed by atoms with Crippen LogP contribution >= 0.6 is 0 Å². The zero-order valence-electron chi connectivity index (χ0n) is 5.00. The van der Waals surface area contributed by atoms with Crippen molar-refractivity contribution in [1.82, 2.24) is 0 Å². The van der Waals surface area contributed by atoms with Gasteiger partial charge in [0.15, 0.2) is 0 Å². The van der Waals surface area contributed by atoms with Gasteiger partial charge in [0.1, 0.15) is 0 Å². The fourth-order valence-corrected chi connectivity index (χ4v) is 1.05. The molecule has 1 aliphatic carbocycles. The molecule has 1 rings (SSSR count). The summed E-state index contributed by atoms with van der Waals surface area (Å²) in [6.45, 7) is 3.55. The van der Waals surface area contributed by atoms with Crippen LogP contribution in [0.2, 0.25) is 0 Å². The standard InChI is InChI=1S/C6H9NO2/c1-3-2-4(7)5(3)6(8)9/h4-5H,1-2,7H2,(H,8,9)/t4-,5+/m0/s1. The Morgan fingerprint density at radius 1 is 1.89 bits per heavy atom. The Bertz CT molecular complexity index is 156. The van der Waals surface area contributed by atoms with Gasteiger partial charge in [0, 0.05) is 6.04 Å². The zero-order valence-corrected chi connectivity index (χ0v) is 5.00. The molecule has 0 heterocycles. The van der Waals surface area contributed by atoms with Gasteiger partial charge >= 0.3 is 5.97 Å². The van der Waals surface area contributed by atoms with Gasteiger partial charge in [-0.05, 0) is 6.42 Å². The fraction of sp³-hybridized carbons (Fsp3) is 0.500. The van der Waals surface area contributed by atoms with Crippen LogP contribution in [-0.4, -0.2) is 17.1 Å². The van der Waals surface area contributed by atoms with Crippen LogP contribution in [0.5, 0.6) is 0 Å². The van der Waals surface area contributed by atoms with Crippen LogP contribution in [0.25, 0.3) is 0 Å². The Labute approximate surface area is 53.2 Å². The highest BCUT2D eigenvalue weighted by molar-refractivity contribution is 5.76. The number of carboxylic acid groups (broad SMARTS) is 1. The summed E-state index contributed by atoms with van der Waals surface area (Å²) in [5.41, 5.74) is 6.12. The highest BCUT2D eigenvalue weighted by atomic mass is 16.4. The maximum Gasteiger partial charge on any atom is 0.312 e. The van der Waals surface area contributed by atoms with Gasteiger partial charge in [-0.3, -0.25) is 4.79 Å². The third-order valence-electron chi connectivity index (χ3n) is 1.63. The first-order chi connectivity index (χ1) is 4.13. The molecule has 9 heavy (non-hydrogen) atoms. The average molecular weight is 127 g/mol. The Morgan fingerprint density at radius 2 is 2.44 bits per heavy atom. The molecular weight excluding hydrogens is 118 g/mol. The Morgan fingerprint density at radius 3 is 2.56 bits per heavy atom. The summed E-state index contributed by atoms with van der Waals surface area (Å²) in [4.78, 5) is 10.3. The summed E-state index contributed by atoms with van der Waals surface area (Å²) in [5.74, 6) is -1.33. The predicted molar refractivity (Wildman–Crippen MR) is 32.9 cm³/mol. The molecule has 0 amide bonds. The molecule has 0 aromatic carbocycles. The molecule has 3 heteroatoms. The van der Waals surface area contributed by atoms with Crippen LogP contribution in [0, 0.1) is 5.92 Å². The third kappa shape index (κ3) is 0.833. The summed E-state index contributed by atoms with van der Waals surface area (Å²) in [6, 6.07) is -0.199. The monoisotopic (exact) mass is 127 g/mol. The van der Waals surface area contributed by atoms with Crippen molar-refractivity contribution in [2.45, 2.75) is 12.5 Å². The van der Waals surface area contributed by atoms with E-state index in [9.17, 15) is 4.79 Å². The lowest BCUT2D eigenvalue weighted by Crippen LogP contribution is -2.45. The van der Waals surface area contributed by atoms with Crippen molar-refractivity contribution in [2.75, 3.05) is 0 Å². The quantitative estimate of drug-likeness (QED) is 0.486. The largest absolute Gasteiger partial charge is 0.481 e. The molecule has 3 N–H and O–H groups in total. The molecule has 50 valence electrons. The third-order valence-corrected chi connectivity index (χ3v) is 1.63. The van der Waals surface area contributed by atoms with E-state index in [2.05, 4.69) is 6.58 Å². The smallest absolute Gasteiger partial charge is 0.312 e. The van der Waals surface area contributed by atoms with Crippen molar-refractivity contribution in [2.24, 2.45) is 11.7 Å². The molecule has 0 bridgehead atoms. The lowest BCUT2D eigenvalue weighted by Gasteiger charge is -2.32. The van der Waals surface area contributed by atoms with Crippen LogP contribution in [-0.2, 0) is 4.79 Å². The normalized spacial score (nSPS) is 33.7. The summed E-state index contributed by atoms with van der Waals surface area (Å²) in [7, 11) is 0. The number of hydrogen-bond acceptors (Lipinski definition) is 2. The molecule has 0 spiro atoms. The fourth-order valence-electron chi connectivity index (χ4n) is 1.05. The molecule has 1 saturated carbocycles. The minimum absolute atomic E-state index is 0.199. The van der Waals surface area contributed by atoms with Crippen LogP contribution in [0.4, 0.5) is 0 Å².